The maximum absolute atomic E-state index is 13.8. The number of nitrogens with one attached hydrogen (secondary N) is 2. The highest BCUT2D eigenvalue weighted by atomic mass is 16.4. The van der Waals surface area contributed by atoms with Crippen molar-refractivity contribution in [3.63, 3.8) is 0 Å². The zero-order valence-corrected chi connectivity index (χ0v) is 23.0. The number of carboxylic acid groups (broad SMARTS) is 2. The summed E-state index contributed by atoms with van der Waals surface area (Å²) in [6.45, 7) is -0.0439. The third kappa shape index (κ3) is 5.94. The number of carbonyl (C=O) groups excluding carboxylic acids is 6. The molecule has 2 saturated heterocycles. The van der Waals surface area contributed by atoms with Crippen LogP contribution in [0.15, 0.2) is 18.3 Å². The molecule has 0 spiro atoms. The lowest BCUT2D eigenvalue weighted by atomic mass is 9.77. The Morgan fingerprint density at radius 2 is 1.29 bits per heavy atom. The van der Waals surface area contributed by atoms with Gasteiger partial charge in [0.25, 0.3) is 5.91 Å². The molecule has 13 heteroatoms. The number of hydrogen-bond acceptors (Lipinski definition) is 8. The summed E-state index contributed by atoms with van der Waals surface area (Å²) in [5.74, 6) is -6.19. The molecule has 4 amide bonds. The maximum atomic E-state index is 13.8. The lowest BCUT2D eigenvalue weighted by Crippen LogP contribution is -2.54. The van der Waals surface area contributed by atoms with Crippen LogP contribution in [0.1, 0.15) is 61.9 Å². The fourth-order valence-corrected chi connectivity index (χ4v) is 6.58. The van der Waals surface area contributed by atoms with E-state index in [4.69, 9.17) is 0 Å². The molecule has 4 fully saturated rings. The lowest BCUT2D eigenvalue weighted by Gasteiger charge is -2.38. The maximum Gasteiger partial charge on any atom is 0.268 e. The molecule has 0 bridgehead atoms. The van der Waals surface area contributed by atoms with Gasteiger partial charge in [-0.1, -0.05) is 12.8 Å². The predicted molar refractivity (Wildman–Crippen MR) is 137 cm³/mol. The number of aliphatic carboxylic acids is 2. The van der Waals surface area contributed by atoms with Crippen LogP contribution < -0.4 is 20.8 Å². The number of hydrogen-bond donors (Lipinski definition) is 2. The average molecular weight is 570 g/mol. The van der Waals surface area contributed by atoms with Crippen LogP contribution in [0.25, 0.3) is 0 Å². The van der Waals surface area contributed by atoms with E-state index < -0.39 is 65.7 Å². The molecular formula is C28H35N5O8-2. The van der Waals surface area contributed by atoms with Crippen LogP contribution >= 0.6 is 0 Å². The van der Waals surface area contributed by atoms with Gasteiger partial charge in [-0.15, -0.1) is 0 Å². The van der Waals surface area contributed by atoms with Gasteiger partial charge < -0.3 is 44.8 Å². The number of carboxylic acids is 2. The Kier molecular flexibility index (Phi) is 8.05. The van der Waals surface area contributed by atoms with Crippen molar-refractivity contribution in [3.05, 3.63) is 24.0 Å². The van der Waals surface area contributed by atoms with Crippen molar-refractivity contribution in [2.75, 3.05) is 13.1 Å². The van der Waals surface area contributed by atoms with Crippen molar-refractivity contribution >= 4 is 35.6 Å². The van der Waals surface area contributed by atoms with Crippen molar-refractivity contribution in [2.24, 2.45) is 24.8 Å². The van der Waals surface area contributed by atoms with Crippen LogP contribution in [-0.4, -0.2) is 87.2 Å². The topological polar surface area (TPSA) is 184 Å². The van der Waals surface area contributed by atoms with Crippen molar-refractivity contribution in [1.82, 2.24) is 25.0 Å². The minimum Gasteiger partial charge on any atom is -0.548 e. The van der Waals surface area contributed by atoms with Gasteiger partial charge in [-0.25, -0.2) is 0 Å². The summed E-state index contributed by atoms with van der Waals surface area (Å²) in [6, 6.07) is -0.325. The number of likely N-dealkylation sites (tertiary alicyclic amines) is 2. The van der Waals surface area contributed by atoms with Gasteiger partial charge >= 0.3 is 0 Å². The molecule has 2 N–H and O–H groups in total. The predicted octanol–water partition coefficient (Wildman–Crippen LogP) is -2.47. The monoisotopic (exact) mass is 569 g/mol. The summed E-state index contributed by atoms with van der Waals surface area (Å²) in [6.07, 6.45) is 5.29. The van der Waals surface area contributed by atoms with Gasteiger partial charge in [0.1, 0.15) is 5.69 Å². The van der Waals surface area contributed by atoms with Gasteiger partial charge in [0.15, 0.2) is 0 Å². The van der Waals surface area contributed by atoms with Crippen molar-refractivity contribution in [1.29, 1.82) is 0 Å². The fraction of sp³-hybridized carbons (Fsp3) is 0.643. The lowest BCUT2D eigenvalue weighted by molar-refractivity contribution is -0.312. The zero-order chi connectivity index (χ0) is 29.4. The number of aromatic nitrogens is 1. The Labute approximate surface area is 237 Å². The standard InChI is InChI=1S/C28H37N5O8/c1-31-10-4-7-20(31)24(35)30-17-12-22(28(40)41)33(14-17)26(37)19-6-3-2-5-18(19)25(36)32-13-16(11-21(32)27(38)39)29-23(34)15-8-9-15/h4,7,10,15-19,21-22H,2-3,5-6,8-9,11-14H2,1H3,(H,29,34)(H,30,35)(H,38,39)(H,40,41)/p-2/t16-,17-,18-,19-,21-,22-/m0/s1. The van der Waals surface area contributed by atoms with Crippen LogP contribution in [-0.2, 0) is 31.0 Å². The number of carbonyl (C=O) groups is 6. The van der Waals surface area contributed by atoms with E-state index in [9.17, 15) is 39.0 Å². The molecule has 0 radical (unpaired) electrons. The second-order valence-corrected chi connectivity index (χ2v) is 11.8. The van der Waals surface area contributed by atoms with Crippen LogP contribution in [0, 0.1) is 17.8 Å². The molecular weight excluding hydrogens is 534 g/mol. The van der Waals surface area contributed by atoms with E-state index in [1.165, 1.54) is 9.80 Å². The second kappa shape index (κ2) is 11.5. The molecule has 0 aromatic carbocycles. The Hall–Kier alpha value is -3.90. The largest absolute Gasteiger partial charge is 0.548 e. The van der Waals surface area contributed by atoms with E-state index in [0.29, 0.717) is 31.4 Å². The molecule has 222 valence electrons. The summed E-state index contributed by atoms with van der Waals surface area (Å²) in [5, 5.41) is 29.6. The molecule has 41 heavy (non-hydrogen) atoms. The molecule has 6 atom stereocenters. The Morgan fingerprint density at radius 1 is 0.780 bits per heavy atom. The minimum absolute atomic E-state index is 0.00595. The van der Waals surface area contributed by atoms with Crippen LogP contribution in [0.5, 0.6) is 0 Å². The van der Waals surface area contributed by atoms with Gasteiger partial charge in [0, 0.05) is 56.2 Å². The zero-order valence-electron chi connectivity index (χ0n) is 23.0. The molecule has 2 aliphatic carbocycles. The SMILES string of the molecule is Cn1cccc1C(=O)N[C@H]1C[C@@H](C(=O)[O-])N(C(=O)[C@H]2CCCC[C@@H]2C(=O)N2C[C@@H](NC(=O)C3CC3)C[C@H]2C(=O)[O-])C1. The quantitative estimate of drug-likeness (QED) is 0.345. The van der Waals surface area contributed by atoms with E-state index in [1.807, 2.05) is 0 Å². The Bertz CT molecular complexity index is 1240. The third-order valence-corrected chi connectivity index (χ3v) is 8.92. The fourth-order valence-electron chi connectivity index (χ4n) is 6.58. The highest BCUT2D eigenvalue weighted by Crippen LogP contribution is 2.37. The van der Waals surface area contributed by atoms with Gasteiger partial charge in [-0.05, 0) is 50.7 Å². The molecule has 0 unspecified atom stereocenters. The molecule has 13 nitrogen and oxygen atoms in total. The number of aryl methyl sites for hydroxylation is 1. The number of rotatable bonds is 8. The molecule has 2 saturated carbocycles. The van der Waals surface area contributed by atoms with Crippen LogP contribution in [0.3, 0.4) is 0 Å². The Morgan fingerprint density at radius 3 is 1.73 bits per heavy atom. The minimum atomic E-state index is -1.45. The van der Waals surface area contributed by atoms with E-state index in [1.54, 1.807) is 29.9 Å². The highest BCUT2D eigenvalue weighted by molar-refractivity contribution is 5.94. The number of nitrogens with zero attached hydrogens (tertiary/aromatic N) is 3. The molecule has 2 aliphatic heterocycles. The summed E-state index contributed by atoms with van der Waals surface area (Å²) in [7, 11) is 1.71. The normalized spacial score (nSPS) is 29.7. The first-order valence-electron chi connectivity index (χ1n) is 14.3. The van der Waals surface area contributed by atoms with Gasteiger partial charge in [-0.2, -0.15) is 0 Å². The van der Waals surface area contributed by atoms with E-state index in [-0.39, 0.29) is 37.8 Å². The molecule has 4 aliphatic rings. The molecule has 3 heterocycles. The van der Waals surface area contributed by atoms with E-state index in [0.717, 1.165) is 12.8 Å². The summed E-state index contributed by atoms with van der Waals surface area (Å²) < 4.78 is 1.63. The van der Waals surface area contributed by atoms with Crippen molar-refractivity contribution in [3.8, 4) is 0 Å². The van der Waals surface area contributed by atoms with Crippen LogP contribution in [0.4, 0.5) is 0 Å². The molecule has 1 aromatic heterocycles. The molecule has 1 aromatic rings. The first kappa shape index (κ1) is 28.6. The van der Waals surface area contributed by atoms with E-state index in [2.05, 4.69) is 10.6 Å². The van der Waals surface area contributed by atoms with Crippen molar-refractivity contribution < 1.29 is 39.0 Å². The van der Waals surface area contributed by atoms with Crippen LogP contribution in [0.2, 0.25) is 0 Å². The van der Waals surface area contributed by atoms with Gasteiger partial charge in [0.05, 0.1) is 24.0 Å². The summed E-state index contributed by atoms with van der Waals surface area (Å²) in [4.78, 5) is 78.9. The average Bonchev–Trinajstić information content (AvgIpc) is 3.34. The first-order valence-corrected chi connectivity index (χ1v) is 14.3. The van der Waals surface area contributed by atoms with Gasteiger partial charge in [0.2, 0.25) is 17.7 Å². The van der Waals surface area contributed by atoms with E-state index >= 15 is 0 Å². The Balaban J connectivity index is 1.29. The number of amides is 4. The second-order valence-electron chi connectivity index (χ2n) is 11.8. The first-order chi connectivity index (χ1) is 19.5. The van der Waals surface area contributed by atoms with Crippen molar-refractivity contribution in [2.45, 2.75) is 75.5 Å². The summed E-state index contributed by atoms with van der Waals surface area (Å²) in [5.41, 5.74) is 0.387. The summed E-state index contributed by atoms with van der Waals surface area (Å²) >= 11 is 0. The molecule has 5 rings (SSSR count). The smallest absolute Gasteiger partial charge is 0.268 e. The third-order valence-electron chi connectivity index (χ3n) is 8.92. The van der Waals surface area contributed by atoms with Gasteiger partial charge in [-0.3, -0.25) is 19.2 Å². The highest BCUT2D eigenvalue weighted by Gasteiger charge is 2.47.